The molecule has 0 bridgehead atoms. The number of esters is 1. The second-order valence-electron chi connectivity index (χ2n) is 5.36. The lowest BCUT2D eigenvalue weighted by molar-refractivity contribution is -0.145. The van der Waals surface area contributed by atoms with Gasteiger partial charge >= 0.3 is 5.97 Å². The van der Waals surface area contributed by atoms with E-state index in [1.165, 1.54) is 7.11 Å². The predicted molar refractivity (Wildman–Crippen MR) is 90.2 cm³/mol. The molecule has 1 aromatic heterocycles. The number of amides is 1. The van der Waals surface area contributed by atoms with Gasteiger partial charge in [-0.15, -0.1) is 11.3 Å². The molecule has 1 aliphatic heterocycles. The number of thiazole rings is 1. The molecule has 3 rings (SSSR count). The highest BCUT2D eigenvalue weighted by Gasteiger charge is 2.36. The summed E-state index contributed by atoms with van der Waals surface area (Å²) in [5.41, 5.74) is 1.52. The van der Waals surface area contributed by atoms with E-state index in [0.29, 0.717) is 18.0 Å². The number of aryl methyl sites for hydroxylation is 1. The van der Waals surface area contributed by atoms with Gasteiger partial charge in [-0.2, -0.15) is 0 Å². The van der Waals surface area contributed by atoms with Crippen molar-refractivity contribution in [2.45, 2.75) is 32.4 Å². The van der Waals surface area contributed by atoms with Crippen molar-refractivity contribution in [2.24, 2.45) is 0 Å². The molecule has 0 radical (unpaired) electrons. The fourth-order valence-electron chi connectivity index (χ4n) is 2.55. The summed E-state index contributed by atoms with van der Waals surface area (Å²) in [5, 5.41) is 2.99. The number of hydrogen-bond acceptors (Lipinski definition) is 6. The SMILES string of the molecule is CCc1nc(CN2C(=O)C(CC(=O)OC)Oc3ccccc32)cs1. The summed E-state index contributed by atoms with van der Waals surface area (Å²) < 4.78 is 10.4. The molecule has 2 aromatic rings. The van der Waals surface area contributed by atoms with E-state index < -0.39 is 12.1 Å². The summed E-state index contributed by atoms with van der Waals surface area (Å²) in [6.45, 7) is 2.40. The lowest BCUT2D eigenvalue weighted by Gasteiger charge is -2.33. The van der Waals surface area contributed by atoms with Crippen LogP contribution in [0.1, 0.15) is 24.0 Å². The molecular formula is C17H18N2O4S. The number of benzene rings is 1. The molecule has 1 amide bonds. The van der Waals surface area contributed by atoms with Crippen LogP contribution in [0.3, 0.4) is 0 Å². The Bertz CT molecular complexity index is 759. The van der Waals surface area contributed by atoms with E-state index in [1.54, 1.807) is 22.3 Å². The van der Waals surface area contributed by atoms with E-state index in [-0.39, 0.29) is 12.3 Å². The van der Waals surface area contributed by atoms with E-state index in [4.69, 9.17) is 4.74 Å². The molecule has 0 N–H and O–H groups in total. The zero-order valence-electron chi connectivity index (χ0n) is 13.5. The second kappa shape index (κ2) is 7.00. The number of nitrogens with zero attached hydrogens (tertiary/aromatic N) is 2. The Morgan fingerprint density at radius 2 is 2.21 bits per heavy atom. The highest BCUT2D eigenvalue weighted by molar-refractivity contribution is 7.09. The summed E-state index contributed by atoms with van der Waals surface area (Å²) in [6.07, 6.45) is -0.127. The second-order valence-corrected chi connectivity index (χ2v) is 6.31. The molecular weight excluding hydrogens is 328 g/mol. The number of carbonyl (C=O) groups excluding carboxylic acids is 2. The van der Waals surface area contributed by atoms with E-state index in [2.05, 4.69) is 9.72 Å². The standard InChI is InChI=1S/C17H18N2O4S/c1-3-15-18-11(10-24-15)9-19-12-6-4-5-7-13(12)23-14(17(19)21)8-16(20)22-2/h4-7,10,14H,3,8-9H2,1-2H3. The number of methoxy groups -OCH3 is 1. The number of carbonyl (C=O) groups is 2. The van der Waals surface area contributed by atoms with E-state index in [1.807, 2.05) is 30.5 Å². The van der Waals surface area contributed by atoms with Crippen molar-refractivity contribution in [1.29, 1.82) is 0 Å². The Labute approximate surface area is 144 Å². The maximum absolute atomic E-state index is 12.8. The maximum Gasteiger partial charge on any atom is 0.309 e. The molecule has 0 saturated heterocycles. The van der Waals surface area contributed by atoms with Gasteiger partial charge in [-0.3, -0.25) is 14.5 Å². The van der Waals surface area contributed by atoms with Crippen molar-refractivity contribution in [3.63, 3.8) is 0 Å². The van der Waals surface area contributed by atoms with Crippen LogP contribution >= 0.6 is 11.3 Å². The van der Waals surface area contributed by atoms with Crippen LogP contribution in [0.25, 0.3) is 0 Å². The van der Waals surface area contributed by atoms with Crippen LogP contribution in [0.15, 0.2) is 29.6 Å². The molecule has 0 spiro atoms. The molecule has 7 heteroatoms. The van der Waals surface area contributed by atoms with Gasteiger partial charge in [0.05, 0.1) is 36.5 Å². The molecule has 1 atom stereocenters. The monoisotopic (exact) mass is 346 g/mol. The summed E-state index contributed by atoms with van der Waals surface area (Å²) in [4.78, 5) is 30.5. The quantitative estimate of drug-likeness (QED) is 0.778. The van der Waals surface area contributed by atoms with Gasteiger partial charge < -0.3 is 9.47 Å². The topological polar surface area (TPSA) is 68.7 Å². The first-order valence-corrected chi connectivity index (χ1v) is 8.57. The van der Waals surface area contributed by atoms with Gasteiger partial charge in [-0.25, -0.2) is 4.98 Å². The third-order valence-corrected chi connectivity index (χ3v) is 4.81. The summed E-state index contributed by atoms with van der Waals surface area (Å²) in [7, 11) is 1.29. The summed E-state index contributed by atoms with van der Waals surface area (Å²) >= 11 is 1.58. The van der Waals surface area contributed by atoms with Crippen LogP contribution < -0.4 is 9.64 Å². The first kappa shape index (κ1) is 16.4. The zero-order valence-corrected chi connectivity index (χ0v) is 14.3. The molecule has 2 heterocycles. The lowest BCUT2D eigenvalue weighted by Crippen LogP contribution is -2.46. The third kappa shape index (κ3) is 3.26. The molecule has 1 unspecified atom stereocenters. The number of rotatable bonds is 5. The van der Waals surface area contributed by atoms with Crippen molar-refractivity contribution in [2.75, 3.05) is 12.0 Å². The van der Waals surface area contributed by atoms with E-state index >= 15 is 0 Å². The fraction of sp³-hybridized carbons (Fsp3) is 0.353. The first-order chi connectivity index (χ1) is 11.6. The van der Waals surface area contributed by atoms with Crippen molar-refractivity contribution >= 4 is 28.9 Å². The van der Waals surface area contributed by atoms with E-state index in [9.17, 15) is 9.59 Å². The Morgan fingerprint density at radius 1 is 1.42 bits per heavy atom. The van der Waals surface area contributed by atoms with Gasteiger partial charge in [0, 0.05) is 5.38 Å². The minimum atomic E-state index is -0.878. The molecule has 126 valence electrons. The van der Waals surface area contributed by atoms with Crippen molar-refractivity contribution in [3.8, 4) is 5.75 Å². The minimum absolute atomic E-state index is 0.114. The minimum Gasteiger partial charge on any atom is -0.478 e. The average Bonchev–Trinajstić information content (AvgIpc) is 3.06. The first-order valence-electron chi connectivity index (χ1n) is 7.69. The Morgan fingerprint density at radius 3 is 2.92 bits per heavy atom. The van der Waals surface area contributed by atoms with Gasteiger partial charge in [-0.1, -0.05) is 19.1 Å². The van der Waals surface area contributed by atoms with Gasteiger partial charge in [-0.05, 0) is 18.6 Å². The van der Waals surface area contributed by atoms with E-state index in [0.717, 1.165) is 17.1 Å². The molecule has 6 nitrogen and oxygen atoms in total. The number of ether oxygens (including phenoxy) is 2. The Balaban J connectivity index is 1.89. The Hall–Kier alpha value is -2.41. The average molecular weight is 346 g/mol. The highest BCUT2D eigenvalue weighted by atomic mass is 32.1. The van der Waals surface area contributed by atoms with Crippen molar-refractivity contribution < 1.29 is 19.1 Å². The summed E-state index contributed by atoms with van der Waals surface area (Å²) in [6, 6.07) is 7.30. The fourth-order valence-corrected chi connectivity index (χ4v) is 3.28. The van der Waals surface area contributed by atoms with Crippen LogP contribution in [0.5, 0.6) is 5.75 Å². The van der Waals surface area contributed by atoms with Gasteiger partial charge in [0.25, 0.3) is 5.91 Å². The molecule has 1 aromatic carbocycles. The van der Waals surface area contributed by atoms with Crippen LogP contribution in [0, 0.1) is 0 Å². The maximum atomic E-state index is 12.8. The number of hydrogen-bond donors (Lipinski definition) is 0. The number of para-hydroxylation sites is 2. The zero-order chi connectivity index (χ0) is 17.1. The van der Waals surface area contributed by atoms with Gasteiger partial charge in [0.1, 0.15) is 5.75 Å². The predicted octanol–water partition coefficient (Wildman–Crippen LogP) is 2.56. The smallest absolute Gasteiger partial charge is 0.309 e. The molecule has 24 heavy (non-hydrogen) atoms. The third-order valence-electron chi connectivity index (χ3n) is 3.77. The lowest BCUT2D eigenvalue weighted by atomic mass is 10.1. The molecule has 1 aliphatic rings. The number of aromatic nitrogens is 1. The number of anilines is 1. The normalized spacial score (nSPS) is 16.5. The van der Waals surface area contributed by atoms with Gasteiger partial charge in [0.15, 0.2) is 6.10 Å². The molecule has 0 saturated carbocycles. The van der Waals surface area contributed by atoms with Gasteiger partial charge in [0.2, 0.25) is 0 Å². The largest absolute Gasteiger partial charge is 0.478 e. The van der Waals surface area contributed by atoms with Crippen LogP contribution in [0.4, 0.5) is 5.69 Å². The van der Waals surface area contributed by atoms with Crippen LogP contribution in [-0.2, 0) is 27.3 Å². The van der Waals surface area contributed by atoms with Crippen molar-refractivity contribution in [1.82, 2.24) is 4.98 Å². The number of fused-ring (bicyclic) bond motifs is 1. The highest BCUT2D eigenvalue weighted by Crippen LogP contribution is 2.35. The molecule has 0 fully saturated rings. The van der Waals surface area contributed by atoms with Crippen molar-refractivity contribution in [3.05, 3.63) is 40.3 Å². The molecule has 0 aliphatic carbocycles. The Kier molecular flexibility index (Phi) is 4.80. The van der Waals surface area contributed by atoms with Crippen LogP contribution in [0.2, 0.25) is 0 Å². The summed E-state index contributed by atoms with van der Waals surface area (Å²) in [5.74, 6) is -0.156. The van der Waals surface area contributed by atoms with Crippen LogP contribution in [-0.4, -0.2) is 30.1 Å².